The van der Waals surface area contributed by atoms with E-state index >= 15 is 0 Å². The standard InChI is InChI=1S/C23H39IN2O5Si/c1-22(2,3)31-21(27)26-12-17(15-29-20-18(24)10-9-11-19(20)25)28-13-16(26)14-30-32(7,8)23(4,5)6/h9-11,16-17H,12-15,25H2,1-8H3/t16-,17-/m0/s1. The zero-order valence-electron chi connectivity index (χ0n) is 20.7. The largest absolute Gasteiger partial charge is 0.488 e. The van der Waals surface area contributed by atoms with E-state index < -0.39 is 13.9 Å². The molecule has 9 heteroatoms. The molecule has 0 unspecified atom stereocenters. The fourth-order valence-electron chi connectivity index (χ4n) is 2.92. The predicted molar refractivity (Wildman–Crippen MR) is 139 cm³/mol. The van der Waals surface area contributed by atoms with Gasteiger partial charge in [-0.2, -0.15) is 0 Å². The van der Waals surface area contributed by atoms with Crippen molar-refractivity contribution in [1.82, 2.24) is 4.90 Å². The van der Waals surface area contributed by atoms with Crippen molar-refractivity contribution in [3.63, 3.8) is 0 Å². The molecule has 2 N–H and O–H groups in total. The van der Waals surface area contributed by atoms with E-state index in [9.17, 15) is 4.79 Å². The third kappa shape index (κ3) is 7.49. The van der Waals surface area contributed by atoms with E-state index in [1.54, 1.807) is 11.0 Å². The Bertz CT molecular complexity index is 771. The second-order valence-electron chi connectivity index (χ2n) is 10.8. The second kappa shape index (κ2) is 10.5. The Morgan fingerprint density at radius 3 is 2.44 bits per heavy atom. The van der Waals surface area contributed by atoms with Crippen molar-refractivity contribution in [3.8, 4) is 5.75 Å². The molecular weight excluding hydrogens is 539 g/mol. The molecular formula is C23H39IN2O5Si. The summed E-state index contributed by atoms with van der Waals surface area (Å²) in [5.74, 6) is 0.643. The molecule has 0 aromatic heterocycles. The van der Waals surface area contributed by atoms with Crippen LogP contribution in [0.3, 0.4) is 0 Å². The monoisotopic (exact) mass is 578 g/mol. The number of para-hydroxylation sites is 1. The van der Waals surface area contributed by atoms with Gasteiger partial charge in [-0.3, -0.25) is 4.90 Å². The molecule has 1 fully saturated rings. The average Bonchev–Trinajstić information content (AvgIpc) is 2.64. The number of carbonyl (C=O) groups is 1. The van der Waals surface area contributed by atoms with Gasteiger partial charge in [0.15, 0.2) is 14.1 Å². The van der Waals surface area contributed by atoms with Crippen molar-refractivity contribution in [2.75, 3.05) is 32.1 Å². The molecule has 0 saturated carbocycles. The first-order valence-corrected chi connectivity index (χ1v) is 15.0. The van der Waals surface area contributed by atoms with Gasteiger partial charge in [0.2, 0.25) is 0 Å². The van der Waals surface area contributed by atoms with Gasteiger partial charge in [0.05, 0.1) is 35.1 Å². The minimum absolute atomic E-state index is 0.0857. The molecule has 1 aliphatic rings. The van der Waals surface area contributed by atoms with E-state index in [0.29, 0.717) is 37.8 Å². The molecule has 7 nitrogen and oxygen atoms in total. The number of ether oxygens (including phenoxy) is 3. The summed E-state index contributed by atoms with van der Waals surface area (Å²) in [7, 11) is -1.96. The van der Waals surface area contributed by atoms with E-state index in [1.165, 1.54) is 0 Å². The Labute approximate surface area is 207 Å². The molecule has 182 valence electrons. The molecule has 1 aromatic carbocycles. The average molecular weight is 579 g/mol. The molecule has 0 spiro atoms. The number of rotatable bonds is 6. The first-order valence-electron chi connectivity index (χ1n) is 11.0. The summed E-state index contributed by atoms with van der Waals surface area (Å²) < 4.78 is 25.1. The summed E-state index contributed by atoms with van der Waals surface area (Å²) in [6.45, 7) is 18.1. The number of nitrogens with zero attached hydrogens (tertiary/aromatic N) is 1. The molecule has 1 aromatic rings. The van der Waals surface area contributed by atoms with Gasteiger partial charge in [-0.05, 0) is 73.6 Å². The van der Waals surface area contributed by atoms with E-state index in [1.807, 2.05) is 32.9 Å². The maximum Gasteiger partial charge on any atom is 0.410 e. The normalized spacial score (nSPS) is 20.2. The number of carbonyl (C=O) groups excluding carboxylic acids is 1. The minimum Gasteiger partial charge on any atom is -0.488 e. The molecule has 2 rings (SSSR count). The highest BCUT2D eigenvalue weighted by atomic mass is 127. The maximum absolute atomic E-state index is 13.0. The van der Waals surface area contributed by atoms with Gasteiger partial charge in [-0.15, -0.1) is 0 Å². The number of halogens is 1. The van der Waals surface area contributed by atoms with Crippen molar-refractivity contribution < 1.29 is 23.4 Å². The fraction of sp³-hybridized carbons (Fsp3) is 0.696. The molecule has 2 atom stereocenters. The van der Waals surface area contributed by atoms with Gasteiger partial charge in [-0.25, -0.2) is 4.79 Å². The van der Waals surface area contributed by atoms with Gasteiger partial charge in [0.1, 0.15) is 18.3 Å². The van der Waals surface area contributed by atoms with E-state index in [0.717, 1.165) is 3.57 Å². The second-order valence-corrected chi connectivity index (χ2v) is 16.8. The molecule has 1 heterocycles. The molecule has 0 radical (unpaired) electrons. The zero-order valence-corrected chi connectivity index (χ0v) is 23.8. The van der Waals surface area contributed by atoms with E-state index in [-0.39, 0.29) is 23.3 Å². The number of benzene rings is 1. The van der Waals surface area contributed by atoms with Crippen LogP contribution in [0.4, 0.5) is 10.5 Å². The molecule has 0 aliphatic carbocycles. The summed E-state index contributed by atoms with van der Waals surface area (Å²) in [5, 5.41) is 0.0857. The summed E-state index contributed by atoms with van der Waals surface area (Å²) >= 11 is 2.19. The zero-order chi connectivity index (χ0) is 24.3. The quantitative estimate of drug-likeness (QED) is 0.281. The number of hydrogen-bond acceptors (Lipinski definition) is 6. The van der Waals surface area contributed by atoms with Gasteiger partial charge >= 0.3 is 6.09 Å². The lowest BCUT2D eigenvalue weighted by molar-refractivity contribution is -0.0897. The molecule has 1 aliphatic heterocycles. The van der Waals surface area contributed by atoms with E-state index in [2.05, 4.69) is 56.5 Å². The Morgan fingerprint density at radius 2 is 1.88 bits per heavy atom. The Kier molecular flexibility index (Phi) is 8.91. The summed E-state index contributed by atoms with van der Waals surface area (Å²) in [4.78, 5) is 14.7. The van der Waals surface area contributed by atoms with Crippen LogP contribution in [0.2, 0.25) is 18.1 Å². The number of anilines is 1. The smallest absolute Gasteiger partial charge is 0.410 e. The first kappa shape index (κ1) is 27.2. The van der Waals surface area contributed by atoms with Gasteiger partial charge in [0.25, 0.3) is 0 Å². The lowest BCUT2D eigenvalue weighted by Gasteiger charge is -2.42. The lowest BCUT2D eigenvalue weighted by Crippen LogP contribution is -2.57. The minimum atomic E-state index is -1.96. The van der Waals surface area contributed by atoms with Crippen LogP contribution >= 0.6 is 22.6 Å². The Hall–Kier alpha value is -1.04. The summed E-state index contributed by atoms with van der Waals surface area (Å²) in [6.07, 6.45) is -0.648. The lowest BCUT2D eigenvalue weighted by atomic mass is 10.2. The maximum atomic E-state index is 13.0. The SMILES string of the molecule is CC(C)(C)OC(=O)N1C[C@@H](COc2c(N)cccc2I)OC[C@H]1CO[Si](C)(C)C(C)(C)C. The van der Waals surface area contributed by atoms with Crippen molar-refractivity contribution in [2.45, 2.75) is 77.4 Å². The van der Waals surface area contributed by atoms with E-state index in [4.69, 9.17) is 24.4 Å². The van der Waals surface area contributed by atoms with Crippen molar-refractivity contribution in [3.05, 3.63) is 21.8 Å². The van der Waals surface area contributed by atoms with Crippen LogP contribution in [-0.4, -0.2) is 63.4 Å². The van der Waals surface area contributed by atoms with Crippen LogP contribution in [0.1, 0.15) is 41.5 Å². The van der Waals surface area contributed by atoms with Crippen molar-refractivity contribution in [1.29, 1.82) is 0 Å². The van der Waals surface area contributed by atoms with Crippen molar-refractivity contribution >= 4 is 42.7 Å². The van der Waals surface area contributed by atoms with Crippen LogP contribution in [-0.2, 0) is 13.9 Å². The number of morpholine rings is 1. The van der Waals surface area contributed by atoms with Crippen molar-refractivity contribution in [2.24, 2.45) is 0 Å². The van der Waals surface area contributed by atoms with Crippen LogP contribution in [0.25, 0.3) is 0 Å². The molecule has 1 amide bonds. The number of hydrogen-bond donors (Lipinski definition) is 1. The van der Waals surface area contributed by atoms with Gasteiger partial charge in [-0.1, -0.05) is 26.8 Å². The number of nitrogen functional groups attached to an aromatic ring is 1. The Morgan fingerprint density at radius 1 is 1.22 bits per heavy atom. The topological polar surface area (TPSA) is 83.2 Å². The molecule has 32 heavy (non-hydrogen) atoms. The highest BCUT2D eigenvalue weighted by molar-refractivity contribution is 14.1. The fourth-order valence-corrected chi connectivity index (χ4v) is 4.63. The molecule has 0 bridgehead atoms. The Balaban J connectivity index is 2.09. The van der Waals surface area contributed by atoms with Crippen LogP contribution < -0.4 is 10.5 Å². The molecule has 1 saturated heterocycles. The third-order valence-corrected chi connectivity index (χ3v) is 11.2. The summed E-state index contributed by atoms with van der Waals surface area (Å²) in [6, 6.07) is 5.42. The number of amides is 1. The summed E-state index contributed by atoms with van der Waals surface area (Å²) in [5.41, 5.74) is 6.05. The van der Waals surface area contributed by atoms with Gasteiger partial charge in [0, 0.05) is 0 Å². The van der Waals surface area contributed by atoms with Crippen LogP contribution in [0.15, 0.2) is 18.2 Å². The third-order valence-electron chi connectivity index (χ3n) is 5.85. The highest BCUT2D eigenvalue weighted by Crippen LogP contribution is 2.37. The van der Waals surface area contributed by atoms with Crippen LogP contribution in [0, 0.1) is 3.57 Å². The van der Waals surface area contributed by atoms with Crippen LogP contribution in [0.5, 0.6) is 5.75 Å². The van der Waals surface area contributed by atoms with Gasteiger partial charge < -0.3 is 24.4 Å². The first-order chi connectivity index (χ1) is 14.6. The number of nitrogens with two attached hydrogens (primary N) is 1. The highest BCUT2D eigenvalue weighted by Gasteiger charge is 2.40. The predicted octanol–water partition coefficient (Wildman–Crippen LogP) is 5.28.